The molecule has 0 radical (unpaired) electrons. The van der Waals surface area contributed by atoms with Crippen LogP contribution >= 0.6 is 11.3 Å². The van der Waals surface area contributed by atoms with Gasteiger partial charge in [-0.15, -0.1) is 11.3 Å². The van der Waals surface area contributed by atoms with Crippen molar-refractivity contribution in [1.82, 2.24) is 9.97 Å². The van der Waals surface area contributed by atoms with Gasteiger partial charge in [-0.2, -0.15) is 4.98 Å². The molecule has 1 aliphatic carbocycles. The summed E-state index contributed by atoms with van der Waals surface area (Å²) in [4.78, 5) is 11.4. The third-order valence-corrected chi connectivity index (χ3v) is 4.53. The topological polar surface area (TPSA) is 70.1 Å². The summed E-state index contributed by atoms with van der Waals surface area (Å²) in [6.07, 6.45) is 3.03. The molecule has 3 rings (SSSR count). The third kappa shape index (κ3) is 2.58. The zero-order chi connectivity index (χ0) is 14.2. The Balaban J connectivity index is 1.98. The second-order valence-corrected chi connectivity index (χ2v) is 6.70. The van der Waals surface area contributed by atoms with Crippen LogP contribution in [0.2, 0.25) is 0 Å². The Labute approximate surface area is 122 Å². The van der Waals surface area contributed by atoms with Gasteiger partial charge in [-0.3, -0.25) is 0 Å². The van der Waals surface area contributed by atoms with Gasteiger partial charge in [0.1, 0.15) is 10.6 Å². The molecule has 5 nitrogen and oxygen atoms in total. The number of aliphatic hydroxyl groups excluding tert-OH is 1. The van der Waals surface area contributed by atoms with Crippen LogP contribution in [0.1, 0.15) is 31.1 Å². The van der Waals surface area contributed by atoms with Gasteiger partial charge in [0.25, 0.3) is 0 Å². The van der Waals surface area contributed by atoms with Crippen LogP contribution in [0.15, 0.2) is 6.07 Å². The molecule has 0 aliphatic heterocycles. The number of anilines is 2. The summed E-state index contributed by atoms with van der Waals surface area (Å²) in [5.41, 5.74) is -0.168. The first kappa shape index (κ1) is 13.6. The summed E-state index contributed by atoms with van der Waals surface area (Å²) in [5, 5.41) is 17.2. The first-order chi connectivity index (χ1) is 9.65. The van der Waals surface area contributed by atoms with E-state index in [-0.39, 0.29) is 12.1 Å². The Morgan fingerprint density at radius 3 is 2.85 bits per heavy atom. The number of fused-ring (bicyclic) bond motifs is 1. The van der Waals surface area contributed by atoms with E-state index in [9.17, 15) is 5.11 Å². The van der Waals surface area contributed by atoms with E-state index >= 15 is 0 Å². The molecule has 0 atom stereocenters. The standard InChI is InChI=1S/C14H20N4OS/c1-3-6-15-13-16-11(18-14(8-19)4-5-14)10-7-9(2)20-12(10)17-13/h7,19H,3-6,8H2,1-2H3,(H2,15,16,17,18). The molecule has 2 aromatic rings. The molecule has 1 saturated carbocycles. The maximum Gasteiger partial charge on any atom is 0.226 e. The Bertz CT molecular complexity index is 621. The summed E-state index contributed by atoms with van der Waals surface area (Å²) < 4.78 is 0. The van der Waals surface area contributed by atoms with Crippen molar-refractivity contribution in [3.05, 3.63) is 10.9 Å². The summed E-state index contributed by atoms with van der Waals surface area (Å²) in [6.45, 7) is 5.21. The van der Waals surface area contributed by atoms with Gasteiger partial charge in [-0.25, -0.2) is 4.98 Å². The van der Waals surface area contributed by atoms with Crippen molar-refractivity contribution in [2.75, 3.05) is 23.8 Å². The molecule has 108 valence electrons. The number of aromatic nitrogens is 2. The smallest absolute Gasteiger partial charge is 0.226 e. The molecular formula is C14H20N4OS. The Morgan fingerprint density at radius 2 is 2.20 bits per heavy atom. The molecule has 1 aliphatic rings. The molecule has 6 heteroatoms. The van der Waals surface area contributed by atoms with E-state index in [0.29, 0.717) is 5.95 Å². The van der Waals surface area contributed by atoms with Crippen LogP contribution < -0.4 is 10.6 Å². The summed E-state index contributed by atoms with van der Waals surface area (Å²) >= 11 is 1.67. The van der Waals surface area contributed by atoms with Gasteiger partial charge < -0.3 is 15.7 Å². The fourth-order valence-corrected chi connectivity index (χ4v) is 3.06. The van der Waals surface area contributed by atoms with Crippen molar-refractivity contribution in [2.24, 2.45) is 0 Å². The minimum atomic E-state index is -0.168. The van der Waals surface area contributed by atoms with Crippen molar-refractivity contribution in [3.63, 3.8) is 0 Å². The molecule has 0 bridgehead atoms. The van der Waals surface area contributed by atoms with Crippen LogP contribution in [0.3, 0.4) is 0 Å². The molecule has 0 spiro atoms. The number of hydrogen-bond acceptors (Lipinski definition) is 6. The number of aliphatic hydroxyl groups is 1. The maximum absolute atomic E-state index is 9.49. The third-order valence-electron chi connectivity index (χ3n) is 3.59. The molecule has 20 heavy (non-hydrogen) atoms. The van der Waals surface area contributed by atoms with Gasteiger partial charge in [-0.1, -0.05) is 6.92 Å². The Hall–Kier alpha value is -1.40. The quantitative estimate of drug-likeness (QED) is 0.763. The monoisotopic (exact) mass is 292 g/mol. The lowest BCUT2D eigenvalue weighted by molar-refractivity contribution is 0.266. The summed E-state index contributed by atoms with van der Waals surface area (Å²) in [6, 6.07) is 2.11. The van der Waals surface area contributed by atoms with E-state index in [2.05, 4.69) is 40.5 Å². The van der Waals surface area contributed by atoms with Crippen LogP contribution in [-0.2, 0) is 0 Å². The first-order valence-corrected chi connectivity index (χ1v) is 7.88. The van der Waals surface area contributed by atoms with Gasteiger partial charge in [0, 0.05) is 11.4 Å². The number of nitrogens with zero attached hydrogens (tertiary/aromatic N) is 2. The molecule has 3 N–H and O–H groups in total. The maximum atomic E-state index is 9.49. The molecule has 0 saturated heterocycles. The fourth-order valence-electron chi connectivity index (χ4n) is 2.18. The SMILES string of the molecule is CCCNc1nc(NC2(CO)CC2)c2cc(C)sc2n1. The number of hydrogen-bond donors (Lipinski definition) is 3. The zero-order valence-electron chi connectivity index (χ0n) is 11.9. The van der Waals surface area contributed by atoms with E-state index < -0.39 is 0 Å². The van der Waals surface area contributed by atoms with E-state index in [0.717, 1.165) is 41.8 Å². The van der Waals surface area contributed by atoms with Gasteiger partial charge >= 0.3 is 0 Å². The summed E-state index contributed by atoms with van der Waals surface area (Å²) in [7, 11) is 0. The Morgan fingerprint density at radius 1 is 1.40 bits per heavy atom. The highest BCUT2D eigenvalue weighted by molar-refractivity contribution is 7.18. The summed E-state index contributed by atoms with van der Waals surface area (Å²) in [5.74, 6) is 1.50. The molecule has 0 aromatic carbocycles. The second-order valence-electron chi connectivity index (χ2n) is 5.46. The van der Waals surface area contributed by atoms with Crippen LogP contribution in [0.25, 0.3) is 10.2 Å². The molecule has 2 aromatic heterocycles. The molecule has 0 amide bonds. The fraction of sp³-hybridized carbons (Fsp3) is 0.571. The predicted molar refractivity (Wildman–Crippen MR) is 83.6 cm³/mol. The molecule has 0 unspecified atom stereocenters. The first-order valence-electron chi connectivity index (χ1n) is 7.07. The van der Waals surface area contributed by atoms with Crippen molar-refractivity contribution in [1.29, 1.82) is 0 Å². The van der Waals surface area contributed by atoms with E-state index in [1.807, 2.05) is 0 Å². The van der Waals surface area contributed by atoms with E-state index in [4.69, 9.17) is 0 Å². The normalized spacial score (nSPS) is 16.4. The Kier molecular flexibility index (Phi) is 3.52. The number of thiophene rings is 1. The van der Waals surface area contributed by atoms with Gasteiger partial charge in [-0.05, 0) is 32.3 Å². The lowest BCUT2D eigenvalue weighted by Gasteiger charge is -2.16. The average molecular weight is 292 g/mol. The lowest BCUT2D eigenvalue weighted by atomic mass is 10.2. The zero-order valence-corrected chi connectivity index (χ0v) is 12.7. The molecule has 2 heterocycles. The lowest BCUT2D eigenvalue weighted by Crippen LogP contribution is -2.26. The van der Waals surface area contributed by atoms with E-state index in [1.54, 1.807) is 11.3 Å². The van der Waals surface area contributed by atoms with Crippen LogP contribution in [-0.4, -0.2) is 33.8 Å². The average Bonchev–Trinajstić information content (AvgIpc) is 3.10. The van der Waals surface area contributed by atoms with Gasteiger partial charge in [0.15, 0.2) is 0 Å². The highest BCUT2D eigenvalue weighted by Gasteiger charge is 2.42. The highest BCUT2D eigenvalue weighted by atomic mass is 32.1. The number of aryl methyl sites for hydroxylation is 1. The minimum Gasteiger partial charge on any atom is -0.394 e. The molecular weight excluding hydrogens is 272 g/mol. The van der Waals surface area contributed by atoms with Crippen molar-refractivity contribution in [2.45, 2.75) is 38.6 Å². The predicted octanol–water partition coefficient (Wildman–Crippen LogP) is 2.76. The van der Waals surface area contributed by atoms with Crippen LogP contribution in [0, 0.1) is 6.92 Å². The van der Waals surface area contributed by atoms with Crippen LogP contribution in [0.5, 0.6) is 0 Å². The van der Waals surface area contributed by atoms with Gasteiger partial charge in [0.2, 0.25) is 5.95 Å². The van der Waals surface area contributed by atoms with E-state index in [1.165, 1.54) is 4.88 Å². The van der Waals surface area contributed by atoms with Crippen molar-refractivity contribution < 1.29 is 5.11 Å². The minimum absolute atomic E-state index is 0.152. The highest BCUT2D eigenvalue weighted by Crippen LogP contribution is 2.40. The van der Waals surface area contributed by atoms with Gasteiger partial charge in [0.05, 0.1) is 17.5 Å². The van der Waals surface area contributed by atoms with Crippen molar-refractivity contribution >= 4 is 33.3 Å². The largest absolute Gasteiger partial charge is 0.394 e. The van der Waals surface area contributed by atoms with Crippen LogP contribution in [0.4, 0.5) is 11.8 Å². The number of nitrogens with one attached hydrogen (secondary N) is 2. The number of rotatable bonds is 6. The second kappa shape index (κ2) is 5.18. The van der Waals surface area contributed by atoms with Crippen molar-refractivity contribution in [3.8, 4) is 0 Å². The molecule has 1 fully saturated rings.